The SMILES string of the molecule is O=C(O)C1(c2ccc(OC(F)(F)F)c(Cl)c2)CC1. The standard InChI is InChI=1S/C11H8ClF3O3/c12-7-5-6(10(3-4-10)9(16)17)1-2-8(7)18-11(13,14)15/h1-2,5H,3-4H2,(H,16,17). The van der Waals surface area contributed by atoms with E-state index in [1.165, 1.54) is 12.1 Å². The molecule has 0 atom stereocenters. The predicted molar refractivity (Wildman–Crippen MR) is 56.7 cm³/mol. The Hall–Kier alpha value is -1.43. The molecule has 98 valence electrons. The van der Waals surface area contributed by atoms with Gasteiger partial charge >= 0.3 is 12.3 Å². The van der Waals surface area contributed by atoms with Crippen LogP contribution in [0.5, 0.6) is 5.75 Å². The van der Waals surface area contributed by atoms with Crippen molar-refractivity contribution >= 4 is 17.6 Å². The van der Waals surface area contributed by atoms with Crippen molar-refractivity contribution in [1.29, 1.82) is 0 Å². The summed E-state index contributed by atoms with van der Waals surface area (Å²) in [7, 11) is 0. The fourth-order valence-corrected chi connectivity index (χ4v) is 1.98. The molecule has 1 aromatic rings. The van der Waals surface area contributed by atoms with E-state index < -0.39 is 23.5 Å². The van der Waals surface area contributed by atoms with Crippen LogP contribution in [-0.4, -0.2) is 17.4 Å². The number of alkyl halides is 3. The average Bonchev–Trinajstić information content (AvgIpc) is 3.00. The largest absolute Gasteiger partial charge is 0.573 e. The third-order valence-corrected chi connectivity index (χ3v) is 3.16. The van der Waals surface area contributed by atoms with Crippen molar-refractivity contribution in [3.05, 3.63) is 28.8 Å². The highest BCUT2D eigenvalue weighted by atomic mass is 35.5. The zero-order chi connectivity index (χ0) is 13.6. The monoisotopic (exact) mass is 280 g/mol. The van der Waals surface area contributed by atoms with Gasteiger partial charge in [-0.1, -0.05) is 17.7 Å². The summed E-state index contributed by atoms with van der Waals surface area (Å²) in [6, 6.07) is 3.55. The maximum atomic E-state index is 12.0. The minimum Gasteiger partial charge on any atom is -0.481 e. The van der Waals surface area contributed by atoms with Gasteiger partial charge in [0.1, 0.15) is 5.75 Å². The van der Waals surface area contributed by atoms with E-state index >= 15 is 0 Å². The number of aliphatic carboxylic acids is 1. The highest BCUT2D eigenvalue weighted by Crippen LogP contribution is 2.49. The molecule has 1 aliphatic carbocycles. The smallest absolute Gasteiger partial charge is 0.481 e. The molecule has 0 bridgehead atoms. The lowest BCUT2D eigenvalue weighted by atomic mass is 9.96. The zero-order valence-electron chi connectivity index (χ0n) is 8.92. The van der Waals surface area contributed by atoms with Gasteiger partial charge in [0, 0.05) is 0 Å². The Morgan fingerprint density at radius 2 is 2.00 bits per heavy atom. The second-order valence-corrected chi connectivity index (χ2v) is 4.49. The molecule has 18 heavy (non-hydrogen) atoms. The molecule has 0 amide bonds. The Morgan fingerprint density at radius 3 is 2.39 bits per heavy atom. The van der Waals surface area contributed by atoms with Crippen LogP contribution in [0.2, 0.25) is 5.02 Å². The van der Waals surface area contributed by atoms with Gasteiger partial charge in [0.25, 0.3) is 0 Å². The van der Waals surface area contributed by atoms with Crippen molar-refractivity contribution in [2.75, 3.05) is 0 Å². The number of rotatable bonds is 3. The lowest BCUT2D eigenvalue weighted by Crippen LogP contribution is -2.20. The first-order chi connectivity index (χ1) is 8.24. The second kappa shape index (κ2) is 4.05. The molecular weight excluding hydrogens is 273 g/mol. The number of halogens is 4. The molecule has 2 rings (SSSR count). The summed E-state index contributed by atoms with van der Waals surface area (Å²) in [5.74, 6) is -1.53. The van der Waals surface area contributed by atoms with Crippen LogP contribution in [0.4, 0.5) is 13.2 Å². The zero-order valence-corrected chi connectivity index (χ0v) is 9.68. The number of carboxylic acids is 1. The van der Waals surface area contributed by atoms with Crippen molar-refractivity contribution in [1.82, 2.24) is 0 Å². The molecule has 0 aliphatic heterocycles. The summed E-state index contributed by atoms with van der Waals surface area (Å²) < 4.78 is 39.8. The van der Waals surface area contributed by atoms with E-state index in [-0.39, 0.29) is 5.02 Å². The third-order valence-electron chi connectivity index (χ3n) is 2.87. The molecular formula is C11H8ClF3O3. The molecule has 1 aromatic carbocycles. The van der Waals surface area contributed by atoms with Crippen LogP contribution in [0.1, 0.15) is 18.4 Å². The molecule has 1 aliphatic rings. The lowest BCUT2D eigenvalue weighted by molar-refractivity contribution is -0.274. The number of carboxylic acid groups (broad SMARTS) is 1. The molecule has 0 spiro atoms. The van der Waals surface area contributed by atoms with Crippen LogP contribution in [0, 0.1) is 0 Å². The first kappa shape index (κ1) is 13.0. The van der Waals surface area contributed by atoms with Gasteiger partial charge in [-0.15, -0.1) is 13.2 Å². The van der Waals surface area contributed by atoms with E-state index in [0.29, 0.717) is 18.4 Å². The van der Waals surface area contributed by atoms with E-state index in [0.717, 1.165) is 6.07 Å². The Balaban J connectivity index is 2.29. The first-order valence-corrected chi connectivity index (χ1v) is 5.42. The normalized spacial score (nSPS) is 17.3. The maximum absolute atomic E-state index is 12.0. The molecule has 7 heteroatoms. The molecule has 3 nitrogen and oxygen atoms in total. The molecule has 0 saturated heterocycles. The molecule has 1 N–H and O–H groups in total. The van der Waals surface area contributed by atoms with Crippen LogP contribution < -0.4 is 4.74 Å². The summed E-state index contributed by atoms with van der Waals surface area (Å²) in [4.78, 5) is 11.1. The lowest BCUT2D eigenvalue weighted by Gasteiger charge is -2.14. The molecule has 1 saturated carbocycles. The number of benzene rings is 1. The van der Waals surface area contributed by atoms with Gasteiger partial charge in [0.15, 0.2) is 0 Å². The summed E-state index contributed by atoms with van der Waals surface area (Å²) in [5.41, 5.74) is -0.602. The molecule has 0 radical (unpaired) electrons. The highest BCUT2D eigenvalue weighted by Gasteiger charge is 2.52. The molecule has 0 unspecified atom stereocenters. The number of carbonyl (C=O) groups is 1. The van der Waals surface area contributed by atoms with Gasteiger partial charge in [-0.05, 0) is 30.5 Å². The average molecular weight is 281 g/mol. The summed E-state index contributed by atoms with van der Waals surface area (Å²) >= 11 is 5.66. The Morgan fingerprint density at radius 1 is 1.39 bits per heavy atom. The topological polar surface area (TPSA) is 46.5 Å². The van der Waals surface area contributed by atoms with E-state index in [2.05, 4.69) is 4.74 Å². The maximum Gasteiger partial charge on any atom is 0.573 e. The molecule has 0 heterocycles. The van der Waals surface area contributed by atoms with Crippen LogP contribution in [-0.2, 0) is 10.2 Å². The van der Waals surface area contributed by atoms with Gasteiger partial charge in [0.2, 0.25) is 0 Å². The Kier molecular flexibility index (Phi) is 2.93. The molecule has 1 fully saturated rings. The molecule has 0 aromatic heterocycles. The predicted octanol–water partition coefficient (Wildman–Crippen LogP) is 3.35. The Bertz CT molecular complexity index is 495. The van der Waals surface area contributed by atoms with Crippen LogP contribution in [0.15, 0.2) is 18.2 Å². The first-order valence-electron chi connectivity index (χ1n) is 5.04. The van der Waals surface area contributed by atoms with Gasteiger partial charge in [-0.3, -0.25) is 4.79 Å². The van der Waals surface area contributed by atoms with Gasteiger partial charge in [0.05, 0.1) is 10.4 Å². The van der Waals surface area contributed by atoms with Crippen molar-refractivity contribution in [3.63, 3.8) is 0 Å². The van der Waals surface area contributed by atoms with E-state index in [1.54, 1.807) is 0 Å². The third kappa shape index (κ3) is 2.38. The Labute approximate surface area is 105 Å². The highest BCUT2D eigenvalue weighted by molar-refractivity contribution is 6.32. The van der Waals surface area contributed by atoms with E-state index in [1.807, 2.05) is 0 Å². The van der Waals surface area contributed by atoms with E-state index in [4.69, 9.17) is 16.7 Å². The fourth-order valence-electron chi connectivity index (χ4n) is 1.76. The summed E-state index contributed by atoms with van der Waals surface area (Å²) in [6.45, 7) is 0. The summed E-state index contributed by atoms with van der Waals surface area (Å²) in [6.07, 6.45) is -3.91. The van der Waals surface area contributed by atoms with Crippen LogP contribution >= 0.6 is 11.6 Å². The van der Waals surface area contributed by atoms with Gasteiger partial charge in [-0.25, -0.2) is 0 Å². The van der Waals surface area contributed by atoms with Crippen LogP contribution in [0.25, 0.3) is 0 Å². The minimum atomic E-state index is -4.82. The van der Waals surface area contributed by atoms with Gasteiger partial charge in [-0.2, -0.15) is 0 Å². The number of ether oxygens (including phenoxy) is 1. The fraction of sp³-hybridized carbons (Fsp3) is 0.364. The number of hydrogen-bond donors (Lipinski definition) is 1. The van der Waals surface area contributed by atoms with Crippen LogP contribution in [0.3, 0.4) is 0 Å². The minimum absolute atomic E-state index is 0.252. The number of hydrogen-bond acceptors (Lipinski definition) is 2. The quantitative estimate of drug-likeness (QED) is 0.923. The van der Waals surface area contributed by atoms with Crippen molar-refractivity contribution in [2.45, 2.75) is 24.6 Å². The van der Waals surface area contributed by atoms with Crippen molar-refractivity contribution in [3.8, 4) is 5.75 Å². The summed E-state index contributed by atoms with van der Waals surface area (Å²) in [5, 5.41) is 8.80. The van der Waals surface area contributed by atoms with Crippen molar-refractivity contribution in [2.24, 2.45) is 0 Å². The van der Waals surface area contributed by atoms with Gasteiger partial charge < -0.3 is 9.84 Å². The van der Waals surface area contributed by atoms with E-state index in [9.17, 15) is 18.0 Å². The second-order valence-electron chi connectivity index (χ2n) is 4.08. The van der Waals surface area contributed by atoms with Crippen molar-refractivity contribution < 1.29 is 27.8 Å².